The fraction of sp³-hybridized carbons (Fsp3) is 0.571. The monoisotopic (exact) mass is 297 g/mol. The lowest BCUT2D eigenvalue weighted by Gasteiger charge is -2.20. The second-order valence-electron chi connectivity index (χ2n) is 5.02. The van der Waals surface area contributed by atoms with E-state index >= 15 is 0 Å². The van der Waals surface area contributed by atoms with Gasteiger partial charge in [-0.3, -0.25) is 0 Å². The molecule has 1 aromatic rings. The number of hydrogen-bond donors (Lipinski definition) is 3. The Morgan fingerprint density at radius 2 is 2.05 bits per heavy atom. The highest BCUT2D eigenvalue weighted by Crippen LogP contribution is 2.23. The topological polar surface area (TPSA) is 70.2 Å². The molecule has 1 saturated heterocycles. The zero-order valence-corrected chi connectivity index (χ0v) is 12.7. The molecule has 1 atom stereocenters. The van der Waals surface area contributed by atoms with Gasteiger partial charge in [0.1, 0.15) is 4.90 Å². The van der Waals surface area contributed by atoms with Gasteiger partial charge in [0, 0.05) is 12.6 Å². The van der Waals surface area contributed by atoms with Crippen LogP contribution in [0.25, 0.3) is 0 Å². The molecule has 1 aliphatic rings. The quantitative estimate of drug-likeness (QED) is 0.771. The first kappa shape index (κ1) is 15.3. The van der Waals surface area contributed by atoms with Crippen LogP contribution < -0.4 is 15.4 Å². The van der Waals surface area contributed by atoms with Crippen LogP contribution in [0.1, 0.15) is 26.2 Å². The van der Waals surface area contributed by atoms with Crippen molar-refractivity contribution in [2.45, 2.75) is 37.1 Å². The van der Waals surface area contributed by atoms with Gasteiger partial charge in [-0.2, -0.15) is 0 Å². The Hall–Kier alpha value is -1.11. The molecular weight excluding hydrogens is 274 g/mol. The smallest absolute Gasteiger partial charge is 0.242 e. The van der Waals surface area contributed by atoms with Gasteiger partial charge in [0.15, 0.2) is 0 Å². The van der Waals surface area contributed by atoms with E-state index in [1.807, 2.05) is 12.1 Å². The molecule has 0 spiro atoms. The zero-order valence-electron chi connectivity index (χ0n) is 11.9. The second-order valence-corrected chi connectivity index (χ2v) is 6.76. The molecule has 6 heteroatoms. The highest BCUT2D eigenvalue weighted by atomic mass is 32.2. The van der Waals surface area contributed by atoms with Crippen molar-refractivity contribution in [1.29, 1.82) is 0 Å². The molecule has 2 rings (SSSR count). The van der Waals surface area contributed by atoms with Crippen molar-refractivity contribution >= 4 is 15.7 Å². The zero-order chi connectivity index (χ0) is 14.4. The molecule has 0 aliphatic carbocycles. The number of sulfonamides is 1. The standard InChI is InChI=1S/C14H23N3O2S/c1-2-16-20(18,19)14-8-4-3-7-13(14)17-12-6-5-10-15-11-9-12/h3-4,7-8,12,15-17H,2,5-6,9-11H2,1H3. The van der Waals surface area contributed by atoms with Crippen LogP contribution in [-0.4, -0.2) is 34.1 Å². The Balaban J connectivity index is 2.19. The number of anilines is 1. The molecule has 1 aliphatic heterocycles. The maximum absolute atomic E-state index is 12.2. The normalized spacial score (nSPS) is 20.4. The van der Waals surface area contributed by atoms with E-state index < -0.39 is 10.0 Å². The molecule has 0 saturated carbocycles. The molecule has 1 fully saturated rings. The van der Waals surface area contributed by atoms with Crippen molar-refractivity contribution in [3.63, 3.8) is 0 Å². The van der Waals surface area contributed by atoms with E-state index in [-0.39, 0.29) is 0 Å². The van der Waals surface area contributed by atoms with Gasteiger partial charge in [-0.1, -0.05) is 19.1 Å². The minimum Gasteiger partial charge on any atom is -0.381 e. The minimum absolute atomic E-state index is 0.322. The fourth-order valence-electron chi connectivity index (χ4n) is 2.47. The van der Waals surface area contributed by atoms with Gasteiger partial charge in [-0.15, -0.1) is 0 Å². The van der Waals surface area contributed by atoms with Gasteiger partial charge in [0.2, 0.25) is 10.0 Å². The van der Waals surface area contributed by atoms with Gasteiger partial charge in [0.05, 0.1) is 5.69 Å². The van der Waals surface area contributed by atoms with E-state index in [0.717, 1.165) is 32.4 Å². The van der Waals surface area contributed by atoms with Crippen LogP contribution in [0.3, 0.4) is 0 Å². The van der Waals surface area contributed by atoms with E-state index in [2.05, 4.69) is 15.4 Å². The second kappa shape index (κ2) is 7.06. The Kier molecular flexibility index (Phi) is 5.39. The van der Waals surface area contributed by atoms with Gasteiger partial charge in [-0.25, -0.2) is 13.1 Å². The van der Waals surface area contributed by atoms with E-state index in [1.54, 1.807) is 19.1 Å². The van der Waals surface area contributed by atoms with Crippen molar-refractivity contribution in [1.82, 2.24) is 10.0 Å². The molecule has 1 unspecified atom stereocenters. The van der Waals surface area contributed by atoms with Gasteiger partial charge in [-0.05, 0) is 44.5 Å². The van der Waals surface area contributed by atoms with Crippen molar-refractivity contribution in [3.05, 3.63) is 24.3 Å². The third-order valence-electron chi connectivity index (χ3n) is 3.45. The summed E-state index contributed by atoms with van der Waals surface area (Å²) in [5, 5.41) is 6.75. The summed E-state index contributed by atoms with van der Waals surface area (Å²) in [7, 11) is -3.43. The van der Waals surface area contributed by atoms with Crippen LogP contribution in [0, 0.1) is 0 Å². The molecule has 0 aromatic heterocycles. The third-order valence-corrected chi connectivity index (χ3v) is 5.05. The lowest BCUT2D eigenvalue weighted by molar-refractivity contribution is 0.583. The lowest BCUT2D eigenvalue weighted by Crippen LogP contribution is -2.26. The maximum atomic E-state index is 12.2. The molecular formula is C14H23N3O2S. The predicted octanol–water partition coefficient (Wildman–Crippen LogP) is 1.54. The van der Waals surface area contributed by atoms with Crippen molar-refractivity contribution in [3.8, 4) is 0 Å². The summed E-state index contributed by atoms with van der Waals surface area (Å²) in [6, 6.07) is 7.42. The molecule has 1 heterocycles. The first-order valence-electron chi connectivity index (χ1n) is 7.19. The molecule has 0 bridgehead atoms. The molecule has 0 amide bonds. The highest BCUT2D eigenvalue weighted by molar-refractivity contribution is 7.89. The third kappa shape index (κ3) is 3.94. The number of benzene rings is 1. The molecule has 20 heavy (non-hydrogen) atoms. The van der Waals surface area contributed by atoms with Crippen LogP contribution in [0.5, 0.6) is 0 Å². The summed E-state index contributed by atoms with van der Waals surface area (Å²) in [6.45, 7) is 4.18. The average Bonchev–Trinajstić information content (AvgIpc) is 2.68. The average molecular weight is 297 g/mol. The number of rotatable bonds is 5. The predicted molar refractivity (Wildman–Crippen MR) is 81.4 cm³/mol. The Bertz CT molecular complexity index is 523. The highest BCUT2D eigenvalue weighted by Gasteiger charge is 2.19. The van der Waals surface area contributed by atoms with Crippen LogP contribution in [0.4, 0.5) is 5.69 Å². The Morgan fingerprint density at radius 1 is 1.25 bits per heavy atom. The molecule has 1 aromatic carbocycles. The summed E-state index contributed by atoms with van der Waals surface area (Å²) in [4.78, 5) is 0.332. The summed E-state index contributed by atoms with van der Waals surface area (Å²) >= 11 is 0. The maximum Gasteiger partial charge on any atom is 0.242 e. The summed E-state index contributed by atoms with van der Waals surface area (Å²) < 4.78 is 26.9. The molecule has 0 radical (unpaired) electrons. The van der Waals surface area contributed by atoms with Gasteiger partial charge < -0.3 is 10.6 Å². The van der Waals surface area contributed by atoms with Crippen LogP contribution in [0.15, 0.2) is 29.2 Å². The summed E-state index contributed by atoms with van der Waals surface area (Å²) in [5.74, 6) is 0. The van der Waals surface area contributed by atoms with Gasteiger partial charge >= 0.3 is 0 Å². The first-order valence-corrected chi connectivity index (χ1v) is 8.68. The van der Waals surface area contributed by atoms with Crippen LogP contribution >= 0.6 is 0 Å². The van der Waals surface area contributed by atoms with Crippen LogP contribution in [0.2, 0.25) is 0 Å². The van der Waals surface area contributed by atoms with Gasteiger partial charge in [0.25, 0.3) is 0 Å². The summed E-state index contributed by atoms with van der Waals surface area (Å²) in [6.07, 6.45) is 3.18. The molecule has 5 nitrogen and oxygen atoms in total. The number of nitrogens with one attached hydrogen (secondary N) is 3. The summed E-state index contributed by atoms with van der Waals surface area (Å²) in [5.41, 5.74) is 0.695. The number of hydrogen-bond acceptors (Lipinski definition) is 4. The van der Waals surface area contributed by atoms with Crippen LogP contribution in [-0.2, 0) is 10.0 Å². The Labute approximate surface area is 121 Å². The first-order chi connectivity index (χ1) is 9.63. The lowest BCUT2D eigenvalue weighted by atomic mass is 10.1. The van der Waals surface area contributed by atoms with E-state index in [1.165, 1.54) is 0 Å². The van der Waals surface area contributed by atoms with E-state index in [4.69, 9.17) is 0 Å². The SMILES string of the molecule is CCNS(=O)(=O)c1ccccc1NC1CCCNCC1. The molecule has 3 N–H and O–H groups in total. The number of para-hydroxylation sites is 1. The van der Waals surface area contributed by atoms with E-state index in [0.29, 0.717) is 23.2 Å². The largest absolute Gasteiger partial charge is 0.381 e. The van der Waals surface area contributed by atoms with Crippen molar-refractivity contribution in [2.75, 3.05) is 25.0 Å². The van der Waals surface area contributed by atoms with E-state index in [9.17, 15) is 8.42 Å². The molecule has 112 valence electrons. The van der Waals surface area contributed by atoms with Crippen molar-refractivity contribution in [2.24, 2.45) is 0 Å². The fourth-order valence-corrected chi connectivity index (χ4v) is 3.68. The van der Waals surface area contributed by atoms with Crippen molar-refractivity contribution < 1.29 is 8.42 Å². The minimum atomic E-state index is -3.43. The Morgan fingerprint density at radius 3 is 2.85 bits per heavy atom.